The van der Waals surface area contributed by atoms with Crippen molar-refractivity contribution in [3.8, 4) is 0 Å². The molecule has 0 saturated carbocycles. The van der Waals surface area contributed by atoms with Crippen LogP contribution in [0.25, 0.3) is 10.9 Å². The maximum Gasteiger partial charge on any atom is 0.341 e. The number of benzene rings is 1. The predicted octanol–water partition coefficient (Wildman–Crippen LogP) is 1.62. The Morgan fingerprint density at radius 2 is 1.96 bits per heavy atom. The van der Waals surface area contributed by atoms with Crippen molar-refractivity contribution in [3.63, 3.8) is 0 Å². The molecule has 2 atom stereocenters. The molecule has 23 heavy (non-hydrogen) atoms. The van der Waals surface area contributed by atoms with E-state index in [1.807, 2.05) is 0 Å². The molecule has 122 valence electrons. The third-order valence-electron chi connectivity index (χ3n) is 4.10. The summed E-state index contributed by atoms with van der Waals surface area (Å²) in [5, 5.41) is 12.5. The van der Waals surface area contributed by atoms with E-state index in [1.165, 1.54) is 6.07 Å². The number of anilines is 1. The Bertz CT molecular complexity index is 823. The van der Waals surface area contributed by atoms with Gasteiger partial charge in [0.2, 0.25) is 5.43 Å². The highest BCUT2D eigenvalue weighted by Crippen LogP contribution is 2.23. The fourth-order valence-electron chi connectivity index (χ4n) is 3.16. The minimum atomic E-state index is -1.43. The van der Waals surface area contributed by atoms with E-state index < -0.39 is 17.0 Å². The van der Waals surface area contributed by atoms with Crippen molar-refractivity contribution in [3.05, 3.63) is 40.2 Å². The first kappa shape index (κ1) is 15.5. The first-order valence-electron chi connectivity index (χ1n) is 7.46. The molecule has 7 heteroatoms. The number of aromatic nitrogens is 1. The molecule has 1 fully saturated rings. The van der Waals surface area contributed by atoms with Gasteiger partial charge in [0.25, 0.3) is 0 Å². The van der Waals surface area contributed by atoms with Crippen LogP contribution in [0.2, 0.25) is 0 Å². The molecular formula is C16H18FN3O3. The minimum Gasteiger partial charge on any atom is -0.477 e. The van der Waals surface area contributed by atoms with E-state index in [4.69, 9.17) is 5.11 Å². The Balaban J connectivity index is 2.09. The molecule has 2 aromatic rings. The number of nitrogens with one attached hydrogen (secondary N) is 1. The molecule has 0 amide bonds. The van der Waals surface area contributed by atoms with Crippen LogP contribution in [0, 0.1) is 0 Å². The number of rotatable bonds is 2. The second-order valence-electron chi connectivity index (χ2n) is 6.06. The van der Waals surface area contributed by atoms with Crippen LogP contribution in [0.5, 0.6) is 0 Å². The number of hydrogen-bond acceptors (Lipinski definition) is 4. The van der Waals surface area contributed by atoms with Crippen LogP contribution >= 0.6 is 0 Å². The number of piperazine rings is 1. The van der Waals surface area contributed by atoms with Crippen LogP contribution in [0.3, 0.4) is 0 Å². The number of fused-ring (bicyclic) bond motifs is 1. The van der Waals surface area contributed by atoms with E-state index in [9.17, 15) is 14.1 Å². The van der Waals surface area contributed by atoms with Gasteiger partial charge in [-0.25, -0.2) is 4.79 Å². The molecule has 0 spiro atoms. The Hall–Kier alpha value is -2.41. The summed E-state index contributed by atoms with van der Waals surface area (Å²) in [4.78, 5) is 25.5. The third kappa shape index (κ3) is 2.79. The lowest BCUT2D eigenvalue weighted by Gasteiger charge is -2.37. The highest BCUT2D eigenvalue weighted by atomic mass is 19.2. The van der Waals surface area contributed by atoms with Gasteiger partial charge in [0, 0.05) is 36.2 Å². The topological polar surface area (TPSA) is 74.6 Å². The Morgan fingerprint density at radius 1 is 1.30 bits per heavy atom. The summed E-state index contributed by atoms with van der Waals surface area (Å²) in [6.45, 7) is 5.71. The summed E-state index contributed by atoms with van der Waals surface area (Å²) in [7, 11) is 0. The van der Waals surface area contributed by atoms with Gasteiger partial charge >= 0.3 is 5.97 Å². The molecule has 2 N–H and O–H groups in total. The monoisotopic (exact) mass is 319 g/mol. The first-order chi connectivity index (χ1) is 10.9. The van der Waals surface area contributed by atoms with Crippen molar-refractivity contribution in [1.29, 1.82) is 0 Å². The lowest BCUT2D eigenvalue weighted by molar-refractivity contribution is 0.0693. The molecule has 1 aromatic heterocycles. The summed E-state index contributed by atoms with van der Waals surface area (Å²) in [5.74, 6) is -1.43. The summed E-state index contributed by atoms with van der Waals surface area (Å²) < 4.78 is 14.2. The van der Waals surface area contributed by atoms with Gasteiger partial charge in [0.1, 0.15) is 5.56 Å². The van der Waals surface area contributed by atoms with Crippen molar-refractivity contribution < 1.29 is 14.4 Å². The van der Waals surface area contributed by atoms with Crippen LogP contribution in [0.15, 0.2) is 29.2 Å². The number of aromatic carboxylic acids is 1. The molecule has 1 aliphatic rings. The van der Waals surface area contributed by atoms with Crippen LogP contribution in [-0.2, 0) is 0 Å². The molecule has 6 nitrogen and oxygen atoms in total. The van der Waals surface area contributed by atoms with Gasteiger partial charge in [-0.05, 0) is 32.0 Å². The molecule has 1 aliphatic heterocycles. The molecule has 1 saturated heterocycles. The van der Waals surface area contributed by atoms with E-state index in [0.717, 1.165) is 25.0 Å². The summed E-state index contributed by atoms with van der Waals surface area (Å²) in [6, 6.07) is 5.42. The van der Waals surface area contributed by atoms with Gasteiger partial charge < -0.3 is 15.3 Å². The number of nitrogens with zero attached hydrogens (tertiary/aromatic N) is 2. The van der Waals surface area contributed by atoms with E-state index >= 15 is 0 Å². The van der Waals surface area contributed by atoms with Gasteiger partial charge in [-0.1, -0.05) is 4.48 Å². The van der Waals surface area contributed by atoms with Crippen LogP contribution in [0.4, 0.5) is 10.2 Å². The maximum absolute atomic E-state index is 14.2. The maximum atomic E-state index is 14.2. The van der Waals surface area contributed by atoms with Gasteiger partial charge in [0.05, 0.1) is 11.7 Å². The molecular weight excluding hydrogens is 301 g/mol. The number of carbonyl (C=O) groups is 1. The normalized spacial score (nSPS) is 21.6. The van der Waals surface area contributed by atoms with Gasteiger partial charge in [-0.15, -0.1) is 0 Å². The van der Waals surface area contributed by atoms with E-state index in [2.05, 4.69) is 24.1 Å². The van der Waals surface area contributed by atoms with Crippen molar-refractivity contribution >= 4 is 22.6 Å². The summed E-state index contributed by atoms with van der Waals surface area (Å²) in [5.41, 5.74) is -0.352. The average Bonchev–Trinajstić information content (AvgIpc) is 2.49. The Morgan fingerprint density at radius 3 is 2.57 bits per heavy atom. The minimum absolute atomic E-state index is 0.0624. The van der Waals surface area contributed by atoms with Crippen molar-refractivity contribution in [1.82, 2.24) is 10.1 Å². The molecule has 0 aliphatic carbocycles. The third-order valence-corrected chi connectivity index (χ3v) is 4.10. The highest BCUT2D eigenvalue weighted by molar-refractivity contribution is 5.93. The molecule has 0 radical (unpaired) electrons. The quantitative estimate of drug-likeness (QED) is 0.880. The van der Waals surface area contributed by atoms with Crippen molar-refractivity contribution in [2.75, 3.05) is 18.0 Å². The second-order valence-corrected chi connectivity index (χ2v) is 6.06. The largest absolute Gasteiger partial charge is 0.477 e. The zero-order valence-electron chi connectivity index (χ0n) is 12.9. The molecule has 3 rings (SSSR count). The lowest BCUT2D eigenvalue weighted by Crippen LogP contribution is -2.54. The van der Waals surface area contributed by atoms with E-state index in [1.54, 1.807) is 12.1 Å². The predicted molar refractivity (Wildman–Crippen MR) is 85.9 cm³/mol. The zero-order valence-corrected chi connectivity index (χ0v) is 12.9. The summed E-state index contributed by atoms with van der Waals surface area (Å²) in [6.07, 6.45) is 0.722. The molecule has 0 unspecified atom stereocenters. The average molecular weight is 319 g/mol. The SMILES string of the molecule is C[C@@H]1CN(c2ccc3c(=O)c(C(=O)O)cn(F)c3c2)C[C@H](C)N1. The van der Waals surface area contributed by atoms with Crippen LogP contribution in [0.1, 0.15) is 24.2 Å². The van der Waals surface area contributed by atoms with Gasteiger partial charge in [-0.3, -0.25) is 4.79 Å². The van der Waals surface area contributed by atoms with Crippen molar-refractivity contribution in [2.24, 2.45) is 0 Å². The van der Waals surface area contributed by atoms with E-state index in [0.29, 0.717) is 12.1 Å². The van der Waals surface area contributed by atoms with Crippen molar-refractivity contribution in [2.45, 2.75) is 25.9 Å². The molecule has 0 bridgehead atoms. The first-order valence-corrected chi connectivity index (χ1v) is 7.46. The fourth-order valence-corrected chi connectivity index (χ4v) is 3.16. The second kappa shape index (κ2) is 5.66. The summed E-state index contributed by atoms with van der Waals surface area (Å²) >= 11 is 0. The standard InChI is InChI=1S/C16H18FN3O3/c1-9-6-19(7-10(2)18-9)11-3-4-12-14(5-11)20(17)8-13(15(12)21)16(22)23/h3-5,8-10,18H,6-7H2,1-2H3,(H,22,23)/t9-,10+. The van der Waals surface area contributed by atoms with Crippen LogP contribution < -0.4 is 15.6 Å². The van der Waals surface area contributed by atoms with E-state index in [-0.39, 0.29) is 15.7 Å². The highest BCUT2D eigenvalue weighted by Gasteiger charge is 2.22. The number of halogens is 1. The van der Waals surface area contributed by atoms with Gasteiger partial charge in [-0.2, -0.15) is 4.79 Å². The molecule has 2 heterocycles. The van der Waals surface area contributed by atoms with Crippen LogP contribution in [-0.4, -0.2) is 41.0 Å². The number of carboxylic acids is 1. The number of hydrogen-bond donors (Lipinski definition) is 2. The smallest absolute Gasteiger partial charge is 0.341 e. The lowest BCUT2D eigenvalue weighted by atomic mass is 10.1. The fraction of sp³-hybridized carbons (Fsp3) is 0.375. The number of pyridine rings is 1. The molecule has 1 aromatic carbocycles. The zero-order chi connectivity index (χ0) is 16.7. The number of carboxylic acid groups (broad SMARTS) is 1. The Labute approximate surface area is 132 Å². The Kier molecular flexibility index (Phi) is 3.81. The van der Waals surface area contributed by atoms with Gasteiger partial charge in [0.15, 0.2) is 0 Å².